The highest BCUT2D eigenvalue weighted by Gasteiger charge is 2.04. The first-order valence-corrected chi connectivity index (χ1v) is 4.73. The Balaban J connectivity index is 3.43. The summed E-state index contributed by atoms with van der Waals surface area (Å²) in [5, 5.41) is 8.47. The van der Waals surface area contributed by atoms with E-state index in [2.05, 4.69) is 19.4 Å². The first kappa shape index (κ1) is 9.64. The Kier molecular flexibility index (Phi) is 5.23. The van der Waals surface area contributed by atoms with Gasteiger partial charge < -0.3 is 4.90 Å². The number of hydrogen-bond donors (Lipinski definition) is 0. The second-order valence-corrected chi connectivity index (χ2v) is 3.33. The van der Waals surface area contributed by atoms with Crippen LogP contribution in [0, 0.1) is 11.5 Å². The average Bonchev–Trinajstić information content (AvgIpc) is 1.98. The normalized spacial score (nSPS) is 12.2. The molecule has 3 heteroatoms. The quantitative estimate of drug-likeness (QED) is 0.459. The van der Waals surface area contributed by atoms with E-state index in [0.29, 0.717) is 6.04 Å². The minimum Gasteiger partial charge on any atom is -0.311 e. The summed E-state index contributed by atoms with van der Waals surface area (Å²) in [6.07, 6.45) is 5.27. The molecule has 58 valence electrons. The molecular formula is C7H14N2S. The number of nitrogens with zero attached hydrogens (tertiary/aromatic N) is 2. The highest BCUT2D eigenvalue weighted by molar-refractivity contribution is 7.98. The van der Waals surface area contributed by atoms with Gasteiger partial charge in [0.25, 0.3) is 0 Å². The molecule has 1 atom stereocenters. The molecule has 2 nitrogen and oxygen atoms in total. The van der Waals surface area contributed by atoms with Crippen LogP contribution in [0.3, 0.4) is 0 Å². The van der Waals surface area contributed by atoms with Gasteiger partial charge >= 0.3 is 0 Å². The summed E-state index contributed by atoms with van der Waals surface area (Å²) >= 11 is 1.82. The number of thioether (sulfide) groups is 1. The lowest BCUT2D eigenvalue weighted by Gasteiger charge is -2.17. The Labute approximate surface area is 67.2 Å². The maximum atomic E-state index is 8.47. The van der Waals surface area contributed by atoms with E-state index in [0.717, 1.165) is 12.2 Å². The fraction of sp³-hybridized carbons (Fsp3) is 0.857. The monoisotopic (exact) mass is 158 g/mol. The first-order valence-electron chi connectivity index (χ1n) is 3.34. The van der Waals surface area contributed by atoms with Crippen molar-refractivity contribution in [3.05, 3.63) is 0 Å². The maximum absolute atomic E-state index is 8.47. The molecule has 0 amide bonds. The minimum atomic E-state index is 0.387. The van der Waals surface area contributed by atoms with Gasteiger partial charge in [-0.25, -0.2) is 0 Å². The van der Waals surface area contributed by atoms with Crippen molar-refractivity contribution in [2.24, 2.45) is 0 Å². The number of rotatable bonds is 4. The van der Waals surface area contributed by atoms with Crippen molar-refractivity contribution in [2.75, 3.05) is 19.1 Å². The highest BCUT2D eigenvalue weighted by atomic mass is 32.2. The molecule has 0 aromatic heterocycles. The summed E-state index contributed by atoms with van der Waals surface area (Å²) in [6.45, 7) is 2.07. The first-order chi connectivity index (χ1) is 4.72. The van der Waals surface area contributed by atoms with Crippen molar-refractivity contribution in [2.45, 2.75) is 19.4 Å². The molecule has 0 saturated carbocycles. The van der Waals surface area contributed by atoms with Crippen molar-refractivity contribution in [1.29, 1.82) is 5.26 Å². The van der Waals surface area contributed by atoms with Gasteiger partial charge in [-0.15, -0.1) is 0 Å². The summed E-state index contributed by atoms with van der Waals surface area (Å²) in [5.41, 5.74) is 0. The molecule has 0 aromatic carbocycles. The fourth-order valence-corrected chi connectivity index (χ4v) is 1.16. The Morgan fingerprint density at radius 2 is 2.30 bits per heavy atom. The van der Waals surface area contributed by atoms with Gasteiger partial charge in [0.1, 0.15) is 0 Å². The Hall–Kier alpha value is -0.360. The zero-order chi connectivity index (χ0) is 7.98. The van der Waals surface area contributed by atoms with Crippen molar-refractivity contribution in [1.82, 2.24) is 4.90 Å². The lowest BCUT2D eigenvalue weighted by Crippen LogP contribution is -2.24. The van der Waals surface area contributed by atoms with Crippen LogP contribution in [0.4, 0.5) is 0 Å². The summed E-state index contributed by atoms with van der Waals surface area (Å²) in [5.74, 6) is 1.13. The molecule has 0 saturated heterocycles. The van der Waals surface area contributed by atoms with Crippen LogP contribution in [0.5, 0.6) is 0 Å². The van der Waals surface area contributed by atoms with Crippen LogP contribution >= 0.6 is 11.8 Å². The topological polar surface area (TPSA) is 27.0 Å². The lowest BCUT2D eigenvalue weighted by molar-refractivity contribution is 0.359. The van der Waals surface area contributed by atoms with E-state index in [-0.39, 0.29) is 0 Å². The molecule has 10 heavy (non-hydrogen) atoms. The van der Waals surface area contributed by atoms with Crippen molar-refractivity contribution in [3.8, 4) is 6.19 Å². The van der Waals surface area contributed by atoms with Gasteiger partial charge in [-0.2, -0.15) is 17.0 Å². The Morgan fingerprint density at radius 3 is 2.70 bits per heavy atom. The molecular weight excluding hydrogens is 144 g/mol. The summed E-state index contributed by atoms with van der Waals surface area (Å²) in [4.78, 5) is 1.69. The molecule has 0 N–H and O–H groups in total. The largest absolute Gasteiger partial charge is 0.311 e. The van der Waals surface area contributed by atoms with E-state index in [1.807, 2.05) is 18.8 Å². The maximum Gasteiger partial charge on any atom is 0.179 e. The summed E-state index contributed by atoms with van der Waals surface area (Å²) in [6, 6.07) is 0.387. The molecule has 0 spiro atoms. The van der Waals surface area contributed by atoms with Gasteiger partial charge in [0, 0.05) is 13.1 Å². The van der Waals surface area contributed by atoms with Crippen LogP contribution in [-0.4, -0.2) is 30.0 Å². The third-order valence-corrected chi connectivity index (χ3v) is 2.20. The second-order valence-electron chi connectivity index (χ2n) is 2.34. The van der Waals surface area contributed by atoms with Crippen molar-refractivity contribution < 1.29 is 0 Å². The summed E-state index contributed by atoms with van der Waals surface area (Å²) < 4.78 is 0. The van der Waals surface area contributed by atoms with Crippen molar-refractivity contribution in [3.63, 3.8) is 0 Å². The standard InChI is InChI=1S/C7H14N2S/c1-7(4-5-10-3)9(2)6-8/h7H,4-5H2,1-3H3. The number of hydrogen-bond acceptors (Lipinski definition) is 3. The molecule has 0 aromatic rings. The number of nitriles is 1. The molecule has 1 unspecified atom stereocenters. The predicted octanol–water partition coefficient (Wildman–Crippen LogP) is 1.54. The molecule has 0 aliphatic heterocycles. The van der Waals surface area contributed by atoms with Gasteiger partial charge in [0.15, 0.2) is 6.19 Å². The Morgan fingerprint density at radius 1 is 1.70 bits per heavy atom. The van der Waals surface area contributed by atoms with Gasteiger partial charge in [-0.1, -0.05) is 0 Å². The zero-order valence-electron chi connectivity index (χ0n) is 6.79. The van der Waals surface area contributed by atoms with Crippen LogP contribution in [0.25, 0.3) is 0 Å². The minimum absolute atomic E-state index is 0.387. The van der Waals surface area contributed by atoms with Crippen LogP contribution in [0.1, 0.15) is 13.3 Å². The van der Waals surface area contributed by atoms with E-state index < -0.39 is 0 Å². The smallest absolute Gasteiger partial charge is 0.179 e. The van der Waals surface area contributed by atoms with Gasteiger partial charge in [0.2, 0.25) is 0 Å². The van der Waals surface area contributed by atoms with Crippen molar-refractivity contribution >= 4 is 11.8 Å². The molecule has 0 rings (SSSR count). The van der Waals surface area contributed by atoms with E-state index in [1.165, 1.54) is 0 Å². The molecule has 0 aliphatic carbocycles. The zero-order valence-corrected chi connectivity index (χ0v) is 7.61. The van der Waals surface area contributed by atoms with Gasteiger partial charge in [0.05, 0.1) is 0 Å². The summed E-state index contributed by atoms with van der Waals surface area (Å²) in [7, 11) is 1.82. The molecule has 0 heterocycles. The lowest BCUT2D eigenvalue weighted by atomic mass is 10.2. The third kappa shape index (κ3) is 3.62. The van der Waals surface area contributed by atoms with E-state index >= 15 is 0 Å². The van der Waals surface area contributed by atoms with Crippen LogP contribution in [0.2, 0.25) is 0 Å². The molecule has 0 radical (unpaired) electrons. The van der Waals surface area contributed by atoms with Gasteiger partial charge in [-0.3, -0.25) is 0 Å². The SMILES string of the molecule is CSCCC(C)N(C)C#N. The predicted molar refractivity (Wildman–Crippen MR) is 45.8 cm³/mol. The van der Waals surface area contributed by atoms with Gasteiger partial charge in [-0.05, 0) is 25.4 Å². The molecule has 0 bridgehead atoms. The van der Waals surface area contributed by atoms with E-state index in [4.69, 9.17) is 5.26 Å². The van der Waals surface area contributed by atoms with E-state index in [1.54, 1.807) is 4.90 Å². The van der Waals surface area contributed by atoms with E-state index in [9.17, 15) is 0 Å². The average molecular weight is 158 g/mol. The Bertz CT molecular complexity index is 119. The molecule has 0 fully saturated rings. The highest BCUT2D eigenvalue weighted by Crippen LogP contribution is 2.04. The van der Waals surface area contributed by atoms with Crippen LogP contribution in [-0.2, 0) is 0 Å². The fourth-order valence-electron chi connectivity index (χ4n) is 0.581. The third-order valence-electron chi connectivity index (χ3n) is 1.56. The van der Waals surface area contributed by atoms with Crippen LogP contribution < -0.4 is 0 Å². The second kappa shape index (κ2) is 5.43. The molecule has 0 aliphatic rings. The van der Waals surface area contributed by atoms with Crippen LogP contribution in [0.15, 0.2) is 0 Å².